The number of aliphatic hydroxyl groups is 1. The van der Waals surface area contributed by atoms with E-state index < -0.39 is 6.04 Å². The van der Waals surface area contributed by atoms with Crippen molar-refractivity contribution in [2.45, 2.75) is 19.6 Å². The molecule has 8 nitrogen and oxygen atoms in total. The Morgan fingerprint density at radius 2 is 1.78 bits per heavy atom. The van der Waals surface area contributed by atoms with Crippen LogP contribution in [-0.2, 0) is 6.61 Å². The first-order chi connectivity index (χ1) is 17.6. The highest BCUT2D eigenvalue weighted by atomic mass is 16.5. The fourth-order valence-corrected chi connectivity index (χ4v) is 4.58. The Balaban J connectivity index is 1.56. The molecule has 1 amide bonds. The highest BCUT2D eigenvalue weighted by molar-refractivity contribution is 6.00. The first kappa shape index (κ1) is 23.4. The summed E-state index contributed by atoms with van der Waals surface area (Å²) in [4.78, 5) is 14.9. The Bertz CT molecular complexity index is 1370. The van der Waals surface area contributed by atoms with Crippen LogP contribution in [-0.4, -0.2) is 51.0 Å². The van der Waals surface area contributed by atoms with Crippen molar-refractivity contribution < 1.29 is 24.5 Å². The number of fused-ring (bicyclic) bond motifs is 1. The zero-order chi connectivity index (χ0) is 25.1. The van der Waals surface area contributed by atoms with Gasteiger partial charge in [0.05, 0.1) is 19.3 Å². The molecule has 0 radical (unpaired) electrons. The molecular formula is C28H27N3O5. The first-order valence-electron chi connectivity index (χ1n) is 11.8. The van der Waals surface area contributed by atoms with Crippen molar-refractivity contribution >= 4 is 5.91 Å². The van der Waals surface area contributed by atoms with Crippen molar-refractivity contribution in [2.24, 2.45) is 0 Å². The summed E-state index contributed by atoms with van der Waals surface area (Å²) >= 11 is 0. The van der Waals surface area contributed by atoms with E-state index >= 15 is 0 Å². The molecule has 3 N–H and O–H groups in total. The number of para-hydroxylation sites is 1. The lowest BCUT2D eigenvalue weighted by Crippen LogP contribution is -2.32. The van der Waals surface area contributed by atoms with Crippen molar-refractivity contribution in [3.05, 3.63) is 95.2 Å². The van der Waals surface area contributed by atoms with Crippen LogP contribution in [0.4, 0.5) is 0 Å². The number of hydrogen-bond acceptors (Lipinski definition) is 6. The number of aromatic hydroxyl groups is 1. The number of ether oxygens (including phenoxy) is 2. The van der Waals surface area contributed by atoms with Crippen LogP contribution in [0.1, 0.15) is 40.1 Å². The van der Waals surface area contributed by atoms with Gasteiger partial charge >= 0.3 is 0 Å². The number of amides is 1. The number of nitrogens with one attached hydrogen (secondary N) is 1. The number of aromatic amines is 1. The van der Waals surface area contributed by atoms with Gasteiger partial charge in [0, 0.05) is 17.7 Å². The van der Waals surface area contributed by atoms with Crippen molar-refractivity contribution in [3.8, 4) is 28.5 Å². The summed E-state index contributed by atoms with van der Waals surface area (Å²) in [5.74, 6) is 0.957. The largest absolute Gasteiger partial charge is 0.507 e. The number of phenolic OH excluding ortho intramolecular Hbond substituents is 1. The van der Waals surface area contributed by atoms with Gasteiger partial charge in [0.15, 0.2) is 11.5 Å². The van der Waals surface area contributed by atoms with Gasteiger partial charge in [-0.3, -0.25) is 9.89 Å². The van der Waals surface area contributed by atoms with Gasteiger partial charge in [0.25, 0.3) is 5.91 Å². The van der Waals surface area contributed by atoms with Crippen LogP contribution in [0, 0.1) is 0 Å². The van der Waals surface area contributed by atoms with Gasteiger partial charge in [0.1, 0.15) is 23.7 Å². The molecule has 4 aromatic rings. The molecule has 1 aromatic heterocycles. The number of carbonyl (C=O) groups is 1. The molecule has 0 unspecified atom stereocenters. The van der Waals surface area contributed by atoms with Crippen LogP contribution in [0.5, 0.6) is 17.2 Å². The van der Waals surface area contributed by atoms with Crippen molar-refractivity contribution in [1.82, 2.24) is 15.1 Å². The minimum Gasteiger partial charge on any atom is -0.507 e. The standard InChI is InChI=1S/C28H27N3O5/c1-2-35-23-16-19(12-13-22(23)36-17-18-8-4-3-5-9-18)27-24-25(20-10-6-7-11-21(20)33)29-30-26(24)28(34)31(27)14-15-32/h3-13,16,27,32-33H,2,14-15,17H2,1H3,(H,29,30)/t27-/m1/s1. The summed E-state index contributed by atoms with van der Waals surface area (Å²) in [6.45, 7) is 2.68. The molecule has 0 spiro atoms. The highest BCUT2D eigenvalue weighted by Crippen LogP contribution is 2.45. The van der Waals surface area contributed by atoms with Crippen LogP contribution in [0.25, 0.3) is 11.3 Å². The van der Waals surface area contributed by atoms with Crippen molar-refractivity contribution in [1.29, 1.82) is 0 Å². The summed E-state index contributed by atoms with van der Waals surface area (Å²) < 4.78 is 12.0. The molecule has 0 saturated carbocycles. The first-order valence-corrected chi connectivity index (χ1v) is 11.8. The Labute approximate surface area is 208 Å². The molecule has 3 aromatic carbocycles. The third kappa shape index (κ3) is 4.27. The zero-order valence-corrected chi connectivity index (χ0v) is 19.8. The Kier molecular flexibility index (Phi) is 6.60. The Morgan fingerprint density at radius 1 is 1.00 bits per heavy atom. The predicted molar refractivity (Wildman–Crippen MR) is 134 cm³/mol. The molecular weight excluding hydrogens is 458 g/mol. The number of H-pyrrole nitrogens is 1. The lowest BCUT2D eigenvalue weighted by molar-refractivity contribution is 0.0706. The predicted octanol–water partition coefficient (Wildman–Crippen LogP) is 4.30. The quantitative estimate of drug-likeness (QED) is 0.326. The zero-order valence-electron chi connectivity index (χ0n) is 19.8. The van der Waals surface area contributed by atoms with E-state index in [9.17, 15) is 15.0 Å². The number of phenols is 1. The molecule has 0 fully saturated rings. The molecule has 184 valence electrons. The van der Waals surface area contributed by atoms with E-state index in [1.54, 1.807) is 29.2 Å². The second-order valence-corrected chi connectivity index (χ2v) is 8.42. The number of aliphatic hydroxyl groups excluding tert-OH is 1. The third-order valence-electron chi connectivity index (χ3n) is 6.18. The number of benzene rings is 3. The number of aromatic nitrogens is 2. The number of β-amino-alcohol motifs (C(OH)–C–C–N with tert-alkyl or cyclic N) is 1. The minimum absolute atomic E-state index is 0.0678. The smallest absolute Gasteiger partial charge is 0.273 e. The normalized spacial score (nSPS) is 14.7. The molecule has 8 heteroatoms. The summed E-state index contributed by atoms with van der Waals surface area (Å²) in [5, 5.41) is 27.4. The molecule has 1 aliphatic rings. The van der Waals surface area contributed by atoms with Crippen LogP contribution in [0.2, 0.25) is 0 Å². The number of nitrogens with zero attached hydrogens (tertiary/aromatic N) is 2. The lowest BCUT2D eigenvalue weighted by atomic mass is 9.95. The fourth-order valence-electron chi connectivity index (χ4n) is 4.58. The van der Waals surface area contributed by atoms with Crippen LogP contribution in [0.3, 0.4) is 0 Å². The average molecular weight is 486 g/mol. The summed E-state index contributed by atoms with van der Waals surface area (Å²) in [6, 6.07) is 21.8. The summed E-state index contributed by atoms with van der Waals surface area (Å²) in [6.07, 6.45) is 0. The topological polar surface area (TPSA) is 108 Å². The molecule has 0 aliphatic carbocycles. The number of hydrogen-bond donors (Lipinski definition) is 3. The third-order valence-corrected chi connectivity index (χ3v) is 6.18. The second kappa shape index (κ2) is 10.1. The van der Waals surface area contributed by atoms with Crippen LogP contribution >= 0.6 is 0 Å². The van der Waals surface area contributed by atoms with E-state index in [-0.39, 0.29) is 24.8 Å². The SMILES string of the molecule is CCOc1cc([C@@H]2c3c(-c4ccccc4O)n[nH]c3C(=O)N2CCO)ccc1OCc1ccccc1. The van der Waals surface area contributed by atoms with E-state index in [1.165, 1.54) is 0 Å². The molecule has 1 atom stereocenters. The Hall–Kier alpha value is -4.30. The summed E-state index contributed by atoms with van der Waals surface area (Å²) in [7, 11) is 0. The second-order valence-electron chi connectivity index (χ2n) is 8.42. The van der Waals surface area contributed by atoms with Gasteiger partial charge < -0.3 is 24.6 Å². The fraction of sp³-hybridized carbons (Fsp3) is 0.214. The maximum Gasteiger partial charge on any atom is 0.273 e. The maximum atomic E-state index is 13.3. The van der Waals surface area contributed by atoms with Gasteiger partial charge in [-0.15, -0.1) is 0 Å². The van der Waals surface area contributed by atoms with E-state index in [0.29, 0.717) is 47.2 Å². The molecule has 1 aliphatic heterocycles. The number of carbonyl (C=O) groups excluding carboxylic acids is 1. The molecule has 0 bridgehead atoms. The van der Waals surface area contributed by atoms with E-state index in [2.05, 4.69) is 10.2 Å². The lowest BCUT2D eigenvalue weighted by Gasteiger charge is -2.26. The minimum atomic E-state index is -0.532. The van der Waals surface area contributed by atoms with Crippen LogP contribution in [0.15, 0.2) is 72.8 Å². The van der Waals surface area contributed by atoms with Gasteiger partial charge in [-0.05, 0) is 42.3 Å². The van der Waals surface area contributed by atoms with Gasteiger partial charge in [0.2, 0.25) is 0 Å². The van der Waals surface area contributed by atoms with Gasteiger partial charge in [-0.1, -0.05) is 48.5 Å². The molecule has 36 heavy (non-hydrogen) atoms. The summed E-state index contributed by atoms with van der Waals surface area (Å²) in [5.41, 5.74) is 3.82. The highest BCUT2D eigenvalue weighted by Gasteiger charge is 2.42. The van der Waals surface area contributed by atoms with E-state index in [4.69, 9.17) is 9.47 Å². The van der Waals surface area contributed by atoms with Crippen LogP contribution < -0.4 is 9.47 Å². The van der Waals surface area contributed by atoms with E-state index in [0.717, 1.165) is 11.1 Å². The van der Waals surface area contributed by atoms with Crippen molar-refractivity contribution in [3.63, 3.8) is 0 Å². The molecule has 5 rings (SSSR count). The van der Waals surface area contributed by atoms with Gasteiger partial charge in [-0.2, -0.15) is 5.10 Å². The number of rotatable bonds is 9. The van der Waals surface area contributed by atoms with Gasteiger partial charge in [-0.25, -0.2) is 0 Å². The van der Waals surface area contributed by atoms with E-state index in [1.807, 2.05) is 55.5 Å². The molecule has 2 heterocycles. The van der Waals surface area contributed by atoms with Crippen molar-refractivity contribution in [2.75, 3.05) is 19.8 Å². The maximum absolute atomic E-state index is 13.3. The molecule has 0 saturated heterocycles. The monoisotopic (exact) mass is 485 g/mol. The Morgan fingerprint density at radius 3 is 2.53 bits per heavy atom. The average Bonchev–Trinajstić information content (AvgIpc) is 3.44.